The molecule has 0 heterocycles. The quantitative estimate of drug-likeness (QED) is 0.280. The minimum absolute atomic E-state index is 0.405. The zero-order valence-corrected chi connectivity index (χ0v) is 6.57. The van der Waals surface area contributed by atoms with Gasteiger partial charge in [0.2, 0.25) is 0 Å². The number of ether oxygens (including phenoxy) is 1. The van der Waals surface area contributed by atoms with Crippen LogP contribution in [0.2, 0.25) is 0 Å². The third-order valence-electron chi connectivity index (χ3n) is 0.575. The van der Waals surface area contributed by atoms with E-state index in [-0.39, 0.29) is 0 Å². The zero-order chi connectivity index (χ0) is 7.28. The fourth-order valence-electron chi connectivity index (χ4n) is 0.219. The van der Waals surface area contributed by atoms with Gasteiger partial charge in [0, 0.05) is 11.8 Å². The van der Waals surface area contributed by atoms with Crippen LogP contribution in [-0.2, 0) is 9.53 Å². The van der Waals surface area contributed by atoms with Gasteiger partial charge in [-0.2, -0.15) is 12.6 Å². The highest BCUT2D eigenvalue weighted by Gasteiger charge is 2.02. The number of esters is 1. The van der Waals surface area contributed by atoms with Gasteiger partial charge in [-0.15, -0.1) is 12.6 Å². The molecule has 0 bridgehead atoms. The van der Waals surface area contributed by atoms with Crippen molar-refractivity contribution in [1.29, 1.82) is 0 Å². The Morgan fingerprint density at radius 1 is 1.89 bits per heavy atom. The number of carbonyl (C=O) groups excluding carboxylic acids is 1. The Bertz CT molecular complexity index is 114. The topological polar surface area (TPSA) is 26.3 Å². The van der Waals surface area contributed by atoms with Gasteiger partial charge >= 0.3 is 5.97 Å². The molecule has 9 heavy (non-hydrogen) atoms. The van der Waals surface area contributed by atoms with Gasteiger partial charge in [0.05, 0.1) is 0 Å². The molecule has 0 aromatic rings. The molecule has 0 aliphatic carbocycles. The van der Waals surface area contributed by atoms with Crippen molar-refractivity contribution >= 4 is 31.2 Å². The second-order valence-electron chi connectivity index (χ2n) is 1.28. The normalized spacial score (nSPS) is 12.2. The molecule has 52 valence electrons. The van der Waals surface area contributed by atoms with Crippen LogP contribution >= 0.6 is 25.3 Å². The summed E-state index contributed by atoms with van der Waals surface area (Å²) in [5.74, 6) is -0.0630. The molecule has 0 N–H and O–H groups in total. The van der Waals surface area contributed by atoms with E-state index in [0.29, 0.717) is 5.75 Å². The van der Waals surface area contributed by atoms with E-state index in [0.717, 1.165) is 6.08 Å². The van der Waals surface area contributed by atoms with Gasteiger partial charge in [0.25, 0.3) is 0 Å². The molecule has 0 saturated carbocycles. The minimum atomic E-state index is -0.468. The average molecular weight is 164 g/mol. The molecule has 0 aromatic heterocycles. The first-order chi connectivity index (χ1) is 4.20. The smallest absolute Gasteiger partial charge is 0.331 e. The molecule has 0 rings (SSSR count). The number of thiol groups is 2. The highest BCUT2D eigenvalue weighted by molar-refractivity contribution is 7.84. The fourth-order valence-corrected chi connectivity index (χ4v) is 0.398. The van der Waals surface area contributed by atoms with Crippen LogP contribution in [0.3, 0.4) is 0 Å². The van der Waals surface area contributed by atoms with E-state index in [1.54, 1.807) is 0 Å². The number of hydrogen-bond donors (Lipinski definition) is 2. The molecule has 1 atom stereocenters. The van der Waals surface area contributed by atoms with Crippen molar-refractivity contribution in [2.24, 2.45) is 0 Å². The Kier molecular flexibility index (Phi) is 4.71. The SMILES string of the molecule is C=CC(=O)OC(S)CS. The van der Waals surface area contributed by atoms with Crippen molar-refractivity contribution in [1.82, 2.24) is 0 Å². The van der Waals surface area contributed by atoms with Crippen molar-refractivity contribution < 1.29 is 9.53 Å². The third kappa shape index (κ3) is 4.42. The lowest BCUT2D eigenvalue weighted by atomic mass is 10.6. The first kappa shape index (κ1) is 8.91. The predicted octanol–water partition coefficient (Wildman–Crippen LogP) is 0.901. The number of hydrogen-bond acceptors (Lipinski definition) is 4. The van der Waals surface area contributed by atoms with Crippen LogP contribution in [0.4, 0.5) is 0 Å². The van der Waals surface area contributed by atoms with Gasteiger partial charge in [-0.25, -0.2) is 4.79 Å². The highest BCUT2D eigenvalue weighted by Crippen LogP contribution is 1.99. The summed E-state index contributed by atoms with van der Waals surface area (Å²) >= 11 is 7.70. The molecule has 0 spiro atoms. The molecular formula is C5H8O2S2. The number of rotatable bonds is 3. The maximum absolute atomic E-state index is 10.4. The van der Waals surface area contributed by atoms with Crippen molar-refractivity contribution in [2.45, 2.75) is 5.44 Å². The van der Waals surface area contributed by atoms with Crippen molar-refractivity contribution in [2.75, 3.05) is 5.75 Å². The summed E-state index contributed by atoms with van der Waals surface area (Å²) in [5, 5.41) is 0. The monoisotopic (exact) mass is 164 g/mol. The van der Waals surface area contributed by atoms with E-state index in [4.69, 9.17) is 0 Å². The van der Waals surface area contributed by atoms with Crippen LogP contribution < -0.4 is 0 Å². The highest BCUT2D eigenvalue weighted by atomic mass is 32.1. The van der Waals surface area contributed by atoms with Crippen LogP contribution in [-0.4, -0.2) is 17.2 Å². The summed E-state index contributed by atoms with van der Waals surface area (Å²) in [6.45, 7) is 3.21. The maximum Gasteiger partial charge on any atom is 0.331 e. The Hall–Kier alpha value is -0.0900. The third-order valence-corrected chi connectivity index (χ3v) is 1.48. The molecule has 0 aromatic carbocycles. The lowest BCUT2D eigenvalue weighted by molar-refractivity contribution is -0.138. The molecular weight excluding hydrogens is 156 g/mol. The van der Waals surface area contributed by atoms with Gasteiger partial charge in [-0.05, 0) is 0 Å². The summed E-state index contributed by atoms with van der Waals surface area (Å²) in [4.78, 5) is 10.4. The van der Waals surface area contributed by atoms with Gasteiger partial charge in [-0.1, -0.05) is 6.58 Å². The molecule has 0 amide bonds. The zero-order valence-electron chi connectivity index (χ0n) is 4.78. The molecule has 0 radical (unpaired) electrons. The second-order valence-corrected chi connectivity index (χ2v) is 2.22. The van der Waals surface area contributed by atoms with E-state index >= 15 is 0 Å². The summed E-state index contributed by atoms with van der Waals surface area (Å²) < 4.78 is 4.58. The Labute approximate surface area is 65.1 Å². The molecule has 0 aliphatic rings. The standard InChI is InChI=1S/C5H8O2S2/c1-2-4(6)7-5(9)3-8/h2,5,8-9H,1,3H2. The van der Waals surface area contributed by atoms with Gasteiger partial charge < -0.3 is 4.74 Å². The van der Waals surface area contributed by atoms with Gasteiger partial charge in [-0.3, -0.25) is 0 Å². The van der Waals surface area contributed by atoms with E-state index in [9.17, 15) is 4.79 Å². The lowest BCUT2D eigenvalue weighted by Gasteiger charge is -2.05. The van der Waals surface area contributed by atoms with Crippen molar-refractivity contribution in [3.05, 3.63) is 12.7 Å². The van der Waals surface area contributed by atoms with Gasteiger partial charge in [0.1, 0.15) is 0 Å². The Morgan fingerprint density at radius 2 is 2.44 bits per heavy atom. The Morgan fingerprint density at radius 3 is 2.78 bits per heavy atom. The first-order valence-electron chi connectivity index (χ1n) is 2.32. The van der Waals surface area contributed by atoms with E-state index in [1.165, 1.54) is 0 Å². The molecule has 0 fully saturated rings. The van der Waals surface area contributed by atoms with E-state index in [2.05, 4.69) is 36.6 Å². The second kappa shape index (κ2) is 4.76. The largest absolute Gasteiger partial charge is 0.448 e. The fraction of sp³-hybridized carbons (Fsp3) is 0.400. The molecule has 0 saturated heterocycles. The van der Waals surface area contributed by atoms with Crippen LogP contribution in [0, 0.1) is 0 Å². The van der Waals surface area contributed by atoms with Gasteiger partial charge in [0.15, 0.2) is 5.44 Å². The molecule has 4 heteroatoms. The summed E-state index contributed by atoms with van der Waals surface area (Å²) in [6.07, 6.45) is 1.09. The van der Waals surface area contributed by atoms with Crippen LogP contribution in [0.1, 0.15) is 0 Å². The molecule has 2 nitrogen and oxygen atoms in total. The maximum atomic E-state index is 10.4. The molecule has 1 unspecified atom stereocenters. The summed E-state index contributed by atoms with van der Waals surface area (Å²) in [5.41, 5.74) is -0.432. The van der Waals surface area contributed by atoms with Crippen LogP contribution in [0.15, 0.2) is 12.7 Å². The summed E-state index contributed by atoms with van der Waals surface area (Å²) in [7, 11) is 0. The van der Waals surface area contributed by atoms with Crippen LogP contribution in [0.5, 0.6) is 0 Å². The van der Waals surface area contributed by atoms with E-state index < -0.39 is 11.4 Å². The van der Waals surface area contributed by atoms with Crippen molar-refractivity contribution in [3.63, 3.8) is 0 Å². The minimum Gasteiger partial charge on any atom is -0.448 e. The van der Waals surface area contributed by atoms with Crippen molar-refractivity contribution in [3.8, 4) is 0 Å². The predicted molar refractivity (Wildman–Crippen MR) is 42.9 cm³/mol. The molecule has 0 aliphatic heterocycles. The number of carbonyl (C=O) groups is 1. The first-order valence-corrected chi connectivity index (χ1v) is 3.47. The summed E-state index contributed by atoms with van der Waals surface area (Å²) in [6, 6.07) is 0. The lowest BCUT2D eigenvalue weighted by Crippen LogP contribution is -2.11. The Balaban J connectivity index is 3.46. The van der Waals surface area contributed by atoms with Crippen LogP contribution in [0.25, 0.3) is 0 Å². The van der Waals surface area contributed by atoms with E-state index in [1.807, 2.05) is 0 Å². The average Bonchev–Trinajstić information content (AvgIpc) is 1.87.